The Morgan fingerprint density at radius 3 is 2.81 bits per heavy atom. The third-order valence-electron chi connectivity index (χ3n) is 2.18. The van der Waals surface area contributed by atoms with E-state index in [4.69, 9.17) is 11.6 Å². The smallest absolute Gasteiger partial charge is 0.271 e. The number of carbonyl (C=O) groups excluding carboxylic acids is 1. The molecule has 0 aliphatic rings. The number of rotatable bonds is 5. The number of aromatic nitrogens is 2. The molecular weight excluding hydrogens is 228 g/mol. The summed E-state index contributed by atoms with van der Waals surface area (Å²) < 4.78 is 0. The molecule has 1 aromatic rings. The van der Waals surface area contributed by atoms with Crippen LogP contribution in [0.2, 0.25) is 5.15 Å². The molecule has 6 heteroatoms. The van der Waals surface area contributed by atoms with Gasteiger partial charge in [0.2, 0.25) is 0 Å². The third kappa shape index (κ3) is 4.12. The van der Waals surface area contributed by atoms with E-state index in [-0.39, 0.29) is 16.8 Å². The number of hydrogen-bond donors (Lipinski definition) is 1. The predicted molar refractivity (Wildman–Crippen MR) is 62.5 cm³/mol. The second kappa shape index (κ2) is 6.40. The number of amides is 1. The highest BCUT2D eigenvalue weighted by Crippen LogP contribution is 2.01. The molecule has 1 aromatic heterocycles. The van der Waals surface area contributed by atoms with Crippen LogP contribution in [0.1, 0.15) is 17.4 Å². The Morgan fingerprint density at radius 1 is 1.50 bits per heavy atom. The molecule has 0 bridgehead atoms. The summed E-state index contributed by atoms with van der Waals surface area (Å²) in [6, 6.07) is 3.09. The fourth-order valence-corrected chi connectivity index (χ4v) is 1.15. The minimum absolute atomic E-state index is 0.228. The summed E-state index contributed by atoms with van der Waals surface area (Å²) in [4.78, 5) is 13.7. The second-order valence-electron chi connectivity index (χ2n) is 3.39. The molecule has 1 rings (SSSR count). The van der Waals surface area contributed by atoms with Crippen molar-refractivity contribution in [1.82, 2.24) is 20.4 Å². The SMILES string of the molecule is CCN(C)CCNC(=O)c1ccc(Cl)nn1. The molecular formula is C10H15ClN4O. The number of carbonyl (C=O) groups is 1. The zero-order valence-corrected chi connectivity index (χ0v) is 10.2. The van der Waals surface area contributed by atoms with Crippen molar-refractivity contribution in [3.63, 3.8) is 0 Å². The Bertz CT molecular complexity index is 341. The largest absolute Gasteiger partial charge is 0.349 e. The van der Waals surface area contributed by atoms with E-state index in [9.17, 15) is 4.79 Å². The lowest BCUT2D eigenvalue weighted by molar-refractivity contribution is 0.0944. The molecule has 0 saturated carbocycles. The van der Waals surface area contributed by atoms with Gasteiger partial charge in [-0.25, -0.2) is 0 Å². The quantitative estimate of drug-likeness (QED) is 0.830. The number of nitrogens with one attached hydrogen (secondary N) is 1. The molecule has 0 radical (unpaired) electrons. The summed E-state index contributed by atoms with van der Waals surface area (Å²) in [5.41, 5.74) is 0.281. The van der Waals surface area contributed by atoms with Crippen molar-refractivity contribution in [3.8, 4) is 0 Å². The van der Waals surface area contributed by atoms with E-state index < -0.39 is 0 Å². The summed E-state index contributed by atoms with van der Waals surface area (Å²) in [6.45, 7) is 4.42. The van der Waals surface area contributed by atoms with Crippen LogP contribution in [0.15, 0.2) is 12.1 Å². The summed E-state index contributed by atoms with van der Waals surface area (Å²) in [5.74, 6) is -0.228. The monoisotopic (exact) mass is 242 g/mol. The molecule has 0 spiro atoms. The number of likely N-dealkylation sites (N-methyl/N-ethyl adjacent to an activating group) is 1. The van der Waals surface area contributed by atoms with Gasteiger partial charge < -0.3 is 10.2 Å². The van der Waals surface area contributed by atoms with Crippen LogP contribution < -0.4 is 5.32 Å². The minimum Gasteiger partial charge on any atom is -0.349 e. The van der Waals surface area contributed by atoms with Crippen molar-refractivity contribution in [2.75, 3.05) is 26.7 Å². The van der Waals surface area contributed by atoms with Crippen molar-refractivity contribution in [3.05, 3.63) is 23.0 Å². The molecule has 0 unspecified atom stereocenters. The molecule has 16 heavy (non-hydrogen) atoms. The molecule has 0 saturated heterocycles. The second-order valence-corrected chi connectivity index (χ2v) is 3.78. The first-order valence-corrected chi connectivity index (χ1v) is 5.47. The third-order valence-corrected chi connectivity index (χ3v) is 2.39. The Kier molecular flexibility index (Phi) is 5.14. The normalized spacial score (nSPS) is 10.5. The molecule has 0 atom stereocenters. The van der Waals surface area contributed by atoms with Gasteiger partial charge in [0.15, 0.2) is 10.8 Å². The van der Waals surface area contributed by atoms with E-state index >= 15 is 0 Å². The van der Waals surface area contributed by atoms with Gasteiger partial charge in [-0.2, -0.15) is 0 Å². The number of nitrogens with zero attached hydrogens (tertiary/aromatic N) is 3. The fraction of sp³-hybridized carbons (Fsp3) is 0.500. The first kappa shape index (κ1) is 12.9. The summed E-state index contributed by atoms with van der Waals surface area (Å²) >= 11 is 5.57. The molecule has 88 valence electrons. The van der Waals surface area contributed by atoms with Gasteiger partial charge in [-0.3, -0.25) is 4.79 Å². The maximum Gasteiger partial charge on any atom is 0.271 e. The van der Waals surface area contributed by atoms with Crippen molar-refractivity contribution in [2.45, 2.75) is 6.92 Å². The Labute approximate surface area is 99.8 Å². The standard InChI is InChI=1S/C10H15ClN4O/c1-3-15(2)7-6-12-10(16)8-4-5-9(11)14-13-8/h4-5H,3,6-7H2,1-2H3,(H,12,16). The molecule has 0 aromatic carbocycles. The van der Waals surface area contributed by atoms with E-state index in [2.05, 4.69) is 27.3 Å². The maximum atomic E-state index is 11.6. The Balaban J connectivity index is 2.38. The van der Waals surface area contributed by atoms with Crippen molar-refractivity contribution >= 4 is 17.5 Å². The molecule has 1 heterocycles. The molecule has 5 nitrogen and oxygen atoms in total. The van der Waals surface area contributed by atoms with E-state index in [0.29, 0.717) is 6.54 Å². The Hall–Kier alpha value is -1.20. The van der Waals surface area contributed by atoms with Crippen LogP contribution in [0.5, 0.6) is 0 Å². The van der Waals surface area contributed by atoms with Gasteiger partial charge in [-0.05, 0) is 25.7 Å². The van der Waals surface area contributed by atoms with Crippen molar-refractivity contribution in [2.24, 2.45) is 0 Å². The lowest BCUT2D eigenvalue weighted by Crippen LogP contribution is -2.33. The van der Waals surface area contributed by atoms with Gasteiger partial charge in [0.1, 0.15) is 0 Å². The summed E-state index contributed by atoms with van der Waals surface area (Å²) in [6.07, 6.45) is 0. The average molecular weight is 243 g/mol. The highest BCUT2D eigenvalue weighted by molar-refractivity contribution is 6.29. The maximum absolute atomic E-state index is 11.6. The Morgan fingerprint density at radius 2 is 2.25 bits per heavy atom. The first-order valence-electron chi connectivity index (χ1n) is 5.09. The van der Waals surface area contributed by atoms with Crippen molar-refractivity contribution in [1.29, 1.82) is 0 Å². The zero-order valence-electron chi connectivity index (χ0n) is 9.40. The fourth-order valence-electron chi connectivity index (χ4n) is 1.05. The van der Waals surface area contributed by atoms with Crippen molar-refractivity contribution < 1.29 is 4.79 Å². The molecule has 0 aliphatic heterocycles. The van der Waals surface area contributed by atoms with Crippen LogP contribution in [0, 0.1) is 0 Å². The van der Waals surface area contributed by atoms with Crippen LogP contribution in [-0.2, 0) is 0 Å². The molecule has 0 fully saturated rings. The molecule has 1 amide bonds. The highest BCUT2D eigenvalue weighted by Gasteiger charge is 2.07. The minimum atomic E-state index is -0.228. The predicted octanol–water partition coefficient (Wildman–Crippen LogP) is 0.811. The van der Waals surface area contributed by atoms with Gasteiger partial charge in [0.05, 0.1) is 0 Å². The van der Waals surface area contributed by atoms with Crippen LogP contribution >= 0.6 is 11.6 Å². The lowest BCUT2D eigenvalue weighted by Gasteiger charge is -2.13. The first-order chi connectivity index (χ1) is 7.63. The van der Waals surface area contributed by atoms with Crippen LogP contribution in [0.25, 0.3) is 0 Å². The van der Waals surface area contributed by atoms with Gasteiger partial charge in [-0.15, -0.1) is 10.2 Å². The van der Waals surface area contributed by atoms with Gasteiger partial charge in [-0.1, -0.05) is 18.5 Å². The van der Waals surface area contributed by atoms with Gasteiger partial charge >= 0.3 is 0 Å². The topological polar surface area (TPSA) is 58.1 Å². The molecule has 1 N–H and O–H groups in total. The van der Waals surface area contributed by atoms with E-state index in [1.165, 1.54) is 0 Å². The van der Waals surface area contributed by atoms with Crippen LogP contribution in [0.3, 0.4) is 0 Å². The lowest BCUT2D eigenvalue weighted by atomic mass is 10.3. The average Bonchev–Trinajstić information content (AvgIpc) is 2.29. The zero-order chi connectivity index (χ0) is 12.0. The highest BCUT2D eigenvalue weighted by atomic mass is 35.5. The number of halogens is 1. The van der Waals surface area contributed by atoms with Gasteiger partial charge in [0.25, 0.3) is 5.91 Å². The summed E-state index contributed by atoms with van der Waals surface area (Å²) in [7, 11) is 1.99. The van der Waals surface area contributed by atoms with E-state index in [0.717, 1.165) is 13.1 Å². The number of hydrogen-bond acceptors (Lipinski definition) is 4. The van der Waals surface area contributed by atoms with E-state index in [1.54, 1.807) is 12.1 Å². The van der Waals surface area contributed by atoms with E-state index in [1.807, 2.05) is 7.05 Å². The summed E-state index contributed by atoms with van der Waals surface area (Å²) in [5, 5.41) is 10.3. The molecule has 0 aliphatic carbocycles. The van der Waals surface area contributed by atoms with Crippen LogP contribution in [-0.4, -0.2) is 47.7 Å². The van der Waals surface area contributed by atoms with Crippen LogP contribution in [0.4, 0.5) is 0 Å². The van der Waals surface area contributed by atoms with Gasteiger partial charge in [0, 0.05) is 13.1 Å².